The molecule has 2 aromatic rings. The van der Waals surface area contributed by atoms with Gasteiger partial charge in [0.15, 0.2) is 6.29 Å². The molecular formula is C22H32N4O3. The third kappa shape index (κ3) is 9.91. The Morgan fingerprint density at radius 2 is 1.76 bits per heavy atom. The van der Waals surface area contributed by atoms with Crippen LogP contribution in [0.5, 0.6) is 0 Å². The number of nitrogens with one attached hydrogen (secondary N) is 2. The molecule has 158 valence electrons. The lowest BCUT2D eigenvalue weighted by Crippen LogP contribution is -2.44. The molecule has 0 radical (unpaired) electrons. The molecule has 2 heterocycles. The Morgan fingerprint density at radius 1 is 1.10 bits per heavy atom. The Labute approximate surface area is 173 Å². The molecule has 0 spiro atoms. The molecule has 7 heteroatoms. The number of aryl methyl sites for hydroxylation is 2. The van der Waals surface area contributed by atoms with E-state index < -0.39 is 12.0 Å². The van der Waals surface area contributed by atoms with Gasteiger partial charge in [-0.05, 0) is 44.0 Å². The van der Waals surface area contributed by atoms with Gasteiger partial charge in [-0.3, -0.25) is 19.6 Å². The lowest BCUT2D eigenvalue weighted by molar-refractivity contribution is -0.140. The van der Waals surface area contributed by atoms with Crippen molar-refractivity contribution in [2.45, 2.75) is 46.7 Å². The fraction of sp³-hybridized carbons (Fsp3) is 0.455. The number of pyridine rings is 2. The minimum Gasteiger partial charge on any atom is -0.480 e. The van der Waals surface area contributed by atoms with Gasteiger partial charge in [-0.1, -0.05) is 32.4 Å². The van der Waals surface area contributed by atoms with Gasteiger partial charge < -0.3 is 15.7 Å². The number of carboxylic acids is 1. The van der Waals surface area contributed by atoms with Gasteiger partial charge in [0, 0.05) is 31.0 Å². The molecule has 0 aliphatic rings. The summed E-state index contributed by atoms with van der Waals surface area (Å²) in [5, 5.41) is 15.5. The molecule has 0 aliphatic carbocycles. The first-order valence-electron chi connectivity index (χ1n) is 9.85. The molecule has 2 atom stereocenters. The lowest BCUT2D eigenvalue weighted by Gasteiger charge is -2.20. The number of carbonyl (C=O) groups excluding carboxylic acids is 1. The Morgan fingerprint density at radius 3 is 2.28 bits per heavy atom. The first kappa shape index (κ1) is 24.4. The van der Waals surface area contributed by atoms with E-state index in [4.69, 9.17) is 5.11 Å². The Hall–Kier alpha value is -2.64. The van der Waals surface area contributed by atoms with E-state index in [0.717, 1.165) is 36.3 Å². The number of carboxylic acid groups (broad SMARTS) is 1. The zero-order chi connectivity index (χ0) is 21.6. The number of aromatic nitrogens is 2. The van der Waals surface area contributed by atoms with Gasteiger partial charge in [0.25, 0.3) is 0 Å². The first-order valence-corrected chi connectivity index (χ1v) is 9.85. The van der Waals surface area contributed by atoms with Crippen LogP contribution in [0.2, 0.25) is 0 Å². The molecule has 0 unspecified atom stereocenters. The van der Waals surface area contributed by atoms with Crippen molar-refractivity contribution in [3.63, 3.8) is 0 Å². The van der Waals surface area contributed by atoms with Crippen molar-refractivity contribution in [2.75, 3.05) is 13.1 Å². The number of aldehydes is 1. The van der Waals surface area contributed by atoms with Crippen LogP contribution in [-0.2, 0) is 11.3 Å². The average Bonchev–Trinajstić information content (AvgIpc) is 2.70. The molecule has 3 N–H and O–H groups in total. The van der Waals surface area contributed by atoms with Gasteiger partial charge in [-0.25, -0.2) is 0 Å². The van der Waals surface area contributed by atoms with Crippen molar-refractivity contribution < 1.29 is 14.7 Å². The molecule has 0 fully saturated rings. The molecule has 0 aliphatic heterocycles. The highest BCUT2D eigenvalue weighted by Crippen LogP contribution is 2.07. The molecule has 0 aromatic carbocycles. The average molecular weight is 401 g/mol. The fourth-order valence-electron chi connectivity index (χ4n) is 2.63. The molecular weight excluding hydrogens is 368 g/mol. The maximum atomic E-state index is 11.1. The van der Waals surface area contributed by atoms with Crippen LogP contribution in [0, 0.1) is 19.8 Å². The summed E-state index contributed by atoms with van der Waals surface area (Å²) in [6.07, 6.45) is 1.59. The van der Waals surface area contributed by atoms with Crippen LogP contribution >= 0.6 is 0 Å². The minimum atomic E-state index is -0.778. The predicted octanol–water partition coefficient (Wildman–Crippen LogP) is 2.77. The summed E-state index contributed by atoms with van der Waals surface area (Å²) in [5.41, 5.74) is 3.38. The lowest BCUT2D eigenvalue weighted by atomic mass is 9.99. The second-order valence-electron chi connectivity index (χ2n) is 6.92. The van der Waals surface area contributed by atoms with Gasteiger partial charge in [-0.2, -0.15) is 0 Å². The summed E-state index contributed by atoms with van der Waals surface area (Å²) in [6.45, 7) is 9.83. The highest BCUT2D eigenvalue weighted by Gasteiger charge is 2.22. The predicted molar refractivity (Wildman–Crippen MR) is 114 cm³/mol. The maximum Gasteiger partial charge on any atom is 0.320 e. The van der Waals surface area contributed by atoms with Crippen molar-refractivity contribution in [3.8, 4) is 0 Å². The summed E-state index contributed by atoms with van der Waals surface area (Å²) in [4.78, 5) is 29.5. The van der Waals surface area contributed by atoms with E-state index in [9.17, 15) is 9.59 Å². The van der Waals surface area contributed by atoms with Crippen LogP contribution in [0.4, 0.5) is 0 Å². The van der Waals surface area contributed by atoms with Crippen LogP contribution in [0.3, 0.4) is 0 Å². The van der Waals surface area contributed by atoms with E-state index in [1.54, 1.807) is 6.07 Å². The maximum absolute atomic E-state index is 11.1. The number of hydrogen-bond acceptors (Lipinski definition) is 6. The Bertz CT molecular complexity index is 767. The van der Waals surface area contributed by atoms with Crippen LogP contribution in [-0.4, -0.2) is 46.5 Å². The second kappa shape index (κ2) is 13.5. The number of carbonyl (C=O) groups is 2. The molecule has 2 rings (SSSR count). The van der Waals surface area contributed by atoms with E-state index in [-0.39, 0.29) is 5.92 Å². The van der Waals surface area contributed by atoms with Crippen LogP contribution in [0.15, 0.2) is 36.4 Å². The fourth-order valence-corrected chi connectivity index (χ4v) is 2.63. The molecule has 0 amide bonds. The topological polar surface area (TPSA) is 104 Å². The van der Waals surface area contributed by atoms with Gasteiger partial charge in [-0.15, -0.1) is 0 Å². The van der Waals surface area contributed by atoms with Gasteiger partial charge >= 0.3 is 5.97 Å². The van der Waals surface area contributed by atoms with Gasteiger partial charge in [0.1, 0.15) is 11.7 Å². The van der Waals surface area contributed by atoms with Crippen molar-refractivity contribution in [3.05, 3.63) is 59.2 Å². The molecule has 7 nitrogen and oxygen atoms in total. The summed E-state index contributed by atoms with van der Waals surface area (Å²) < 4.78 is 0. The zero-order valence-electron chi connectivity index (χ0n) is 17.7. The van der Waals surface area contributed by atoms with Crippen molar-refractivity contribution in [1.29, 1.82) is 0 Å². The molecule has 0 saturated heterocycles. The number of aliphatic carboxylic acids is 1. The first-order chi connectivity index (χ1) is 13.9. The molecule has 0 saturated carbocycles. The summed E-state index contributed by atoms with van der Waals surface area (Å²) in [5.74, 6) is -0.648. The second-order valence-corrected chi connectivity index (χ2v) is 6.92. The summed E-state index contributed by atoms with van der Waals surface area (Å²) in [7, 11) is 0. The van der Waals surface area contributed by atoms with Crippen LogP contribution in [0.25, 0.3) is 0 Å². The van der Waals surface area contributed by atoms with E-state index in [1.165, 1.54) is 0 Å². The Balaban J connectivity index is 0.000000387. The van der Waals surface area contributed by atoms with Crippen LogP contribution < -0.4 is 10.6 Å². The normalized spacial score (nSPS) is 12.4. The third-order valence-corrected chi connectivity index (χ3v) is 4.43. The molecule has 0 bridgehead atoms. The zero-order valence-corrected chi connectivity index (χ0v) is 17.7. The highest BCUT2D eigenvalue weighted by atomic mass is 16.4. The molecule has 29 heavy (non-hydrogen) atoms. The van der Waals surface area contributed by atoms with E-state index in [2.05, 4.69) is 20.6 Å². The third-order valence-electron chi connectivity index (χ3n) is 4.43. The molecule has 2 aromatic heterocycles. The quantitative estimate of drug-likeness (QED) is 0.416. The van der Waals surface area contributed by atoms with Gasteiger partial charge in [0.05, 0.1) is 5.69 Å². The van der Waals surface area contributed by atoms with Crippen molar-refractivity contribution in [2.24, 2.45) is 5.92 Å². The van der Waals surface area contributed by atoms with Crippen LogP contribution in [0.1, 0.15) is 47.8 Å². The summed E-state index contributed by atoms with van der Waals surface area (Å²) >= 11 is 0. The van der Waals surface area contributed by atoms with Crippen molar-refractivity contribution >= 4 is 12.3 Å². The van der Waals surface area contributed by atoms with Crippen molar-refractivity contribution in [1.82, 2.24) is 20.6 Å². The summed E-state index contributed by atoms with van der Waals surface area (Å²) in [6, 6.07) is 10.8. The number of hydrogen-bond donors (Lipinski definition) is 3. The van der Waals surface area contributed by atoms with Gasteiger partial charge in [0.2, 0.25) is 0 Å². The van der Waals surface area contributed by atoms with E-state index >= 15 is 0 Å². The smallest absolute Gasteiger partial charge is 0.320 e. The highest BCUT2D eigenvalue weighted by molar-refractivity contribution is 5.73. The largest absolute Gasteiger partial charge is 0.480 e. The SMILES string of the molecule is CC[C@H](C)[C@H](NCCNCc1cccc(C)n1)C(=O)O.Cc1cccc(C=O)n1. The monoisotopic (exact) mass is 400 g/mol. The van der Waals surface area contributed by atoms with E-state index in [1.807, 2.05) is 58.0 Å². The minimum absolute atomic E-state index is 0.130. The number of rotatable bonds is 10. The number of nitrogens with zero attached hydrogens (tertiary/aromatic N) is 2. The standard InChI is InChI=1S/C15H25N3O2.C7H7NO/c1-4-11(2)14(15(19)20)17-9-8-16-10-13-7-5-6-12(3)18-13;1-6-3-2-4-7(5-9)8-6/h5-7,11,14,16-17H,4,8-10H2,1-3H3,(H,19,20);2-5H,1H3/t11-,14-;/m0./s1. The Kier molecular flexibility index (Phi) is 11.4. The van der Waals surface area contributed by atoms with E-state index in [0.29, 0.717) is 18.8 Å².